The maximum Gasteiger partial charge on any atom is 0.234 e. The first-order chi connectivity index (χ1) is 9.51. The molecule has 1 heterocycles. The second-order valence-corrected chi connectivity index (χ2v) is 4.92. The van der Waals surface area contributed by atoms with Gasteiger partial charge >= 0.3 is 0 Å². The van der Waals surface area contributed by atoms with E-state index in [1.165, 1.54) is 0 Å². The Morgan fingerprint density at radius 1 is 1.50 bits per heavy atom. The van der Waals surface area contributed by atoms with Crippen LogP contribution in [0.5, 0.6) is 0 Å². The van der Waals surface area contributed by atoms with Gasteiger partial charge in [-0.3, -0.25) is 9.78 Å². The maximum absolute atomic E-state index is 12.5. The highest BCUT2D eigenvalue weighted by Crippen LogP contribution is 2.16. The van der Waals surface area contributed by atoms with Crippen molar-refractivity contribution in [3.63, 3.8) is 0 Å². The lowest BCUT2D eigenvalue weighted by molar-refractivity contribution is -0.135. The minimum absolute atomic E-state index is 0.0452. The van der Waals surface area contributed by atoms with Gasteiger partial charge < -0.3 is 15.8 Å². The van der Waals surface area contributed by atoms with Crippen molar-refractivity contribution in [2.45, 2.75) is 27.3 Å². The van der Waals surface area contributed by atoms with E-state index in [0.29, 0.717) is 13.1 Å². The fourth-order valence-electron chi connectivity index (χ4n) is 2.04. The molecule has 0 saturated heterocycles. The number of oxime groups is 1. The van der Waals surface area contributed by atoms with Crippen molar-refractivity contribution >= 4 is 11.7 Å². The van der Waals surface area contributed by atoms with Gasteiger partial charge in [0.2, 0.25) is 5.91 Å². The number of rotatable bonds is 6. The Labute approximate surface area is 119 Å². The molecule has 0 aromatic carbocycles. The van der Waals surface area contributed by atoms with Gasteiger partial charge in [0, 0.05) is 12.7 Å². The van der Waals surface area contributed by atoms with Crippen molar-refractivity contribution in [3.05, 3.63) is 30.1 Å². The molecule has 1 unspecified atom stereocenters. The van der Waals surface area contributed by atoms with Crippen LogP contribution in [0.25, 0.3) is 0 Å². The molecule has 0 spiro atoms. The molecule has 1 amide bonds. The number of nitrogens with two attached hydrogens (primary N) is 1. The summed E-state index contributed by atoms with van der Waals surface area (Å²) in [4.78, 5) is 18.4. The minimum Gasteiger partial charge on any atom is -0.409 e. The Balaban J connectivity index is 2.90. The fraction of sp³-hybridized carbons (Fsp3) is 0.500. The molecule has 0 saturated carbocycles. The summed E-state index contributed by atoms with van der Waals surface area (Å²) in [6.07, 6.45) is 1.69. The lowest BCUT2D eigenvalue weighted by Crippen LogP contribution is -2.44. The molecule has 110 valence electrons. The van der Waals surface area contributed by atoms with Crippen LogP contribution in [0.4, 0.5) is 0 Å². The quantitative estimate of drug-likeness (QED) is 0.356. The van der Waals surface area contributed by atoms with Crippen LogP contribution in [0.3, 0.4) is 0 Å². The third-order valence-electron chi connectivity index (χ3n) is 3.14. The predicted octanol–water partition coefficient (Wildman–Crippen LogP) is 1.45. The molecular weight excluding hydrogens is 256 g/mol. The van der Waals surface area contributed by atoms with Gasteiger partial charge in [0.15, 0.2) is 5.84 Å². The molecule has 1 atom stereocenters. The van der Waals surface area contributed by atoms with E-state index in [1.807, 2.05) is 39.0 Å². The number of pyridine rings is 1. The number of amidine groups is 1. The molecule has 0 fully saturated rings. The van der Waals surface area contributed by atoms with Crippen LogP contribution in [0, 0.1) is 11.8 Å². The second kappa shape index (κ2) is 7.47. The highest BCUT2D eigenvalue weighted by Gasteiger charge is 2.30. The third kappa shape index (κ3) is 3.94. The molecule has 1 aromatic rings. The minimum atomic E-state index is -0.622. The monoisotopic (exact) mass is 278 g/mol. The molecule has 0 radical (unpaired) electrons. The fourth-order valence-corrected chi connectivity index (χ4v) is 2.04. The SMILES string of the molecule is CCN(Cc1ccccn1)C(=O)C(/C(N)=N/O)C(C)C. The lowest BCUT2D eigenvalue weighted by Gasteiger charge is -2.27. The first-order valence-corrected chi connectivity index (χ1v) is 6.67. The largest absolute Gasteiger partial charge is 0.409 e. The molecule has 1 aromatic heterocycles. The zero-order valence-corrected chi connectivity index (χ0v) is 12.2. The zero-order valence-electron chi connectivity index (χ0n) is 12.2. The van der Waals surface area contributed by atoms with E-state index in [9.17, 15) is 4.79 Å². The molecular formula is C14H22N4O2. The summed E-state index contributed by atoms with van der Waals surface area (Å²) in [6, 6.07) is 5.57. The van der Waals surface area contributed by atoms with Gasteiger partial charge in [0.25, 0.3) is 0 Å². The van der Waals surface area contributed by atoms with Crippen LogP contribution >= 0.6 is 0 Å². The summed E-state index contributed by atoms with van der Waals surface area (Å²) in [7, 11) is 0. The van der Waals surface area contributed by atoms with Crippen LogP contribution in [0.2, 0.25) is 0 Å². The van der Waals surface area contributed by atoms with Crippen LogP contribution in [-0.2, 0) is 11.3 Å². The van der Waals surface area contributed by atoms with E-state index in [2.05, 4.69) is 10.1 Å². The van der Waals surface area contributed by atoms with Gasteiger partial charge in [-0.05, 0) is 25.0 Å². The van der Waals surface area contributed by atoms with E-state index in [-0.39, 0.29) is 17.7 Å². The van der Waals surface area contributed by atoms with Gasteiger partial charge in [0.05, 0.1) is 12.2 Å². The zero-order chi connectivity index (χ0) is 15.1. The molecule has 0 aliphatic carbocycles. The normalized spacial score (nSPS) is 13.3. The predicted molar refractivity (Wildman–Crippen MR) is 77.1 cm³/mol. The number of carbonyl (C=O) groups is 1. The van der Waals surface area contributed by atoms with Gasteiger partial charge in [0.1, 0.15) is 5.92 Å². The van der Waals surface area contributed by atoms with Crippen molar-refractivity contribution < 1.29 is 10.0 Å². The highest BCUT2D eigenvalue weighted by atomic mass is 16.4. The van der Waals surface area contributed by atoms with Crippen LogP contribution < -0.4 is 5.73 Å². The van der Waals surface area contributed by atoms with Crippen LogP contribution in [0.15, 0.2) is 29.6 Å². The van der Waals surface area contributed by atoms with Gasteiger partial charge in [-0.25, -0.2) is 0 Å². The number of hydrogen-bond acceptors (Lipinski definition) is 4. The summed E-state index contributed by atoms with van der Waals surface area (Å²) in [6.45, 7) is 6.59. The topological polar surface area (TPSA) is 91.8 Å². The number of nitrogens with zero attached hydrogens (tertiary/aromatic N) is 3. The molecule has 0 aliphatic rings. The van der Waals surface area contributed by atoms with E-state index in [4.69, 9.17) is 10.9 Å². The standard InChI is InChI=1S/C14H22N4O2/c1-4-18(9-11-7-5-6-8-16-11)14(19)12(10(2)3)13(15)17-20/h5-8,10,12,20H,4,9H2,1-3H3,(H2,15,17). The lowest BCUT2D eigenvalue weighted by atomic mass is 9.93. The summed E-state index contributed by atoms with van der Waals surface area (Å²) in [5.41, 5.74) is 6.45. The van der Waals surface area contributed by atoms with Crippen molar-refractivity contribution in [1.29, 1.82) is 0 Å². The molecule has 1 rings (SSSR count). The molecule has 6 heteroatoms. The molecule has 0 aliphatic heterocycles. The van der Waals surface area contributed by atoms with Crippen molar-refractivity contribution in [3.8, 4) is 0 Å². The average molecular weight is 278 g/mol. The molecule has 0 bridgehead atoms. The Kier molecular flexibility index (Phi) is 5.96. The number of aromatic nitrogens is 1. The van der Waals surface area contributed by atoms with Crippen molar-refractivity contribution in [2.75, 3.05) is 6.54 Å². The Morgan fingerprint density at radius 2 is 2.20 bits per heavy atom. The second-order valence-electron chi connectivity index (χ2n) is 4.92. The Hall–Kier alpha value is -2.11. The molecule has 3 N–H and O–H groups in total. The van der Waals surface area contributed by atoms with Gasteiger partial charge in [-0.2, -0.15) is 0 Å². The summed E-state index contributed by atoms with van der Waals surface area (Å²) in [5.74, 6) is -0.868. The van der Waals surface area contributed by atoms with Crippen molar-refractivity contribution in [1.82, 2.24) is 9.88 Å². The van der Waals surface area contributed by atoms with E-state index >= 15 is 0 Å². The van der Waals surface area contributed by atoms with E-state index in [0.717, 1.165) is 5.69 Å². The Morgan fingerprint density at radius 3 is 2.65 bits per heavy atom. The highest BCUT2D eigenvalue weighted by molar-refractivity contribution is 6.02. The number of carbonyl (C=O) groups excluding carboxylic acids is 1. The van der Waals surface area contributed by atoms with Gasteiger partial charge in [-0.15, -0.1) is 0 Å². The third-order valence-corrected chi connectivity index (χ3v) is 3.14. The van der Waals surface area contributed by atoms with Gasteiger partial charge in [-0.1, -0.05) is 25.1 Å². The van der Waals surface area contributed by atoms with Crippen LogP contribution in [-0.4, -0.2) is 33.4 Å². The molecule has 20 heavy (non-hydrogen) atoms. The smallest absolute Gasteiger partial charge is 0.234 e. The average Bonchev–Trinajstić information content (AvgIpc) is 2.45. The molecule has 6 nitrogen and oxygen atoms in total. The number of hydrogen-bond donors (Lipinski definition) is 2. The van der Waals surface area contributed by atoms with E-state index in [1.54, 1.807) is 11.1 Å². The maximum atomic E-state index is 12.5. The number of amides is 1. The van der Waals surface area contributed by atoms with Crippen LogP contribution in [0.1, 0.15) is 26.5 Å². The first kappa shape index (κ1) is 15.9. The summed E-state index contributed by atoms with van der Waals surface area (Å²) in [5, 5.41) is 11.8. The summed E-state index contributed by atoms with van der Waals surface area (Å²) < 4.78 is 0. The Bertz CT molecular complexity index is 460. The van der Waals surface area contributed by atoms with E-state index < -0.39 is 5.92 Å². The first-order valence-electron chi connectivity index (χ1n) is 6.67. The summed E-state index contributed by atoms with van der Waals surface area (Å²) >= 11 is 0. The van der Waals surface area contributed by atoms with Crippen molar-refractivity contribution in [2.24, 2.45) is 22.7 Å².